The summed E-state index contributed by atoms with van der Waals surface area (Å²) in [6.45, 7) is 3.43. The normalized spacial score (nSPS) is 16.3. The van der Waals surface area contributed by atoms with E-state index in [9.17, 15) is 9.59 Å². The highest BCUT2D eigenvalue weighted by molar-refractivity contribution is 5.93. The Morgan fingerprint density at radius 2 is 2.07 bits per heavy atom. The van der Waals surface area contributed by atoms with Crippen LogP contribution in [-0.2, 0) is 11.3 Å². The predicted octanol–water partition coefficient (Wildman–Crippen LogP) is 3.21. The molecule has 2 aromatic heterocycles. The molecule has 2 amide bonds. The first-order valence-corrected chi connectivity index (χ1v) is 10.1. The van der Waals surface area contributed by atoms with Crippen molar-refractivity contribution in [2.75, 3.05) is 13.1 Å². The second-order valence-electron chi connectivity index (χ2n) is 7.61. The number of aryl methyl sites for hydroxylation is 1. The zero-order valence-electron chi connectivity index (χ0n) is 16.9. The molecule has 1 saturated heterocycles. The Balaban J connectivity index is 1.37. The highest BCUT2D eigenvalue weighted by atomic mass is 16.5. The van der Waals surface area contributed by atoms with Gasteiger partial charge in [-0.15, -0.1) is 0 Å². The predicted molar refractivity (Wildman–Crippen MR) is 111 cm³/mol. The smallest absolute Gasteiger partial charge is 0.276 e. The quantitative estimate of drug-likeness (QED) is 0.705. The van der Waals surface area contributed by atoms with Crippen LogP contribution in [0.3, 0.4) is 0 Å². The number of benzene rings is 1. The number of carbonyl (C=O) groups excluding carboxylic acids is 2. The molecule has 1 atom stereocenters. The van der Waals surface area contributed by atoms with Crippen molar-refractivity contribution in [3.05, 3.63) is 71.7 Å². The van der Waals surface area contributed by atoms with Gasteiger partial charge >= 0.3 is 0 Å². The molecule has 0 unspecified atom stereocenters. The largest absolute Gasteiger partial charge is 0.355 e. The van der Waals surface area contributed by atoms with Crippen LogP contribution in [0.1, 0.15) is 34.5 Å². The van der Waals surface area contributed by atoms with Crippen molar-refractivity contribution in [2.45, 2.75) is 26.3 Å². The number of pyridine rings is 1. The topological polar surface area (TPSA) is 88.3 Å². The van der Waals surface area contributed by atoms with Gasteiger partial charge in [0, 0.05) is 43.7 Å². The fourth-order valence-electron chi connectivity index (χ4n) is 3.60. The summed E-state index contributed by atoms with van der Waals surface area (Å²) in [5.41, 5.74) is 3.23. The van der Waals surface area contributed by atoms with Crippen LogP contribution in [0.15, 0.2) is 59.4 Å². The molecule has 7 heteroatoms. The average Bonchev–Trinajstić information content (AvgIpc) is 3.28. The summed E-state index contributed by atoms with van der Waals surface area (Å²) in [5, 5.41) is 6.91. The van der Waals surface area contributed by atoms with Crippen molar-refractivity contribution in [2.24, 2.45) is 5.92 Å². The Labute approximate surface area is 175 Å². The van der Waals surface area contributed by atoms with Crippen LogP contribution in [0.5, 0.6) is 0 Å². The molecule has 1 N–H and O–H groups in total. The molecule has 1 aliphatic rings. The molecule has 1 fully saturated rings. The molecular weight excluding hydrogens is 380 g/mol. The minimum absolute atomic E-state index is 0.0446. The summed E-state index contributed by atoms with van der Waals surface area (Å²) < 4.78 is 5.38. The van der Waals surface area contributed by atoms with E-state index in [2.05, 4.69) is 15.5 Å². The number of aromatic nitrogens is 2. The van der Waals surface area contributed by atoms with Gasteiger partial charge in [0.1, 0.15) is 0 Å². The SMILES string of the molecule is Cc1ccc(-c2cc(C(=O)N3CCC[C@H](C(=O)NCc4cccnc4)C3)no2)cc1. The molecule has 3 aromatic rings. The van der Waals surface area contributed by atoms with Crippen molar-refractivity contribution in [3.63, 3.8) is 0 Å². The fourth-order valence-corrected chi connectivity index (χ4v) is 3.60. The maximum Gasteiger partial charge on any atom is 0.276 e. The number of rotatable bonds is 5. The minimum Gasteiger partial charge on any atom is -0.355 e. The summed E-state index contributed by atoms with van der Waals surface area (Å²) in [5.74, 6) is 0.0719. The summed E-state index contributed by atoms with van der Waals surface area (Å²) in [4.78, 5) is 31.2. The fraction of sp³-hybridized carbons (Fsp3) is 0.304. The minimum atomic E-state index is -0.233. The third-order valence-corrected chi connectivity index (χ3v) is 5.33. The van der Waals surface area contributed by atoms with E-state index in [0.717, 1.165) is 29.5 Å². The van der Waals surface area contributed by atoms with E-state index < -0.39 is 0 Å². The van der Waals surface area contributed by atoms with E-state index in [1.54, 1.807) is 23.4 Å². The molecular formula is C23H24N4O3. The van der Waals surface area contributed by atoms with Crippen molar-refractivity contribution in [1.82, 2.24) is 20.4 Å². The van der Waals surface area contributed by atoms with Gasteiger partial charge in [0.15, 0.2) is 11.5 Å². The number of carbonyl (C=O) groups is 2. The maximum absolute atomic E-state index is 12.9. The van der Waals surface area contributed by atoms with E-state index in [0.29, 0.717) is 25.4 Å². The van der Waals surface area contributed by atoms with Gasteiger partial charge < -0.3 is 14.7 Å². The zero-order valence-corrected chi connectivity index (χ0v) is 16.9. The van der Waals surface area contributed by atoms with E-state index in [4.69, 9.17) is 4.52 Å². The van der Waals surface area contributed by atoms with E-state index in [1.165, 1.54) is 0 Å². The Kier molecular flexibility index (Phi) is 5.88. The highest BCUT2D eigenvalue weighted by Gasteiger charge is 2.30. The van der Waals surface area contributed by atoms with E-state index in [1.807, 2.05) is 43.3 Å². The molecule has 0 aliphatic carbocycles. The van der Waals surface area contributed by atoms with E-state index in [-0.39, 0.29) is 23.4 Å². The second-order valence-corrected chi connectivity index (χ2v) is 7.61. The molecule has 4 rings (SSSR count). The van der Waals surface area contributed by atoms with Gasteiger partial charge in [-0.3, -0.25) is 14.6 Å². The maximum atomic E-state index is 12.9. The van der Waals surface area contributed by atoms with Crippen LogP contribution < -0.4 is 5.32 Å². The van der Waals surface area contributed by atoms with Crippen LogP contribution in [0.25, 0.3) is 11.3 Å². The van der Waals surface area contributed by atoms with Crippen molar-refractivity contribution < 1.29 is 14.1 Å². The summed E-state index contributed by atoms with van der Waals surface area (Å²) >= 11 is 0. The molecule has 0 spiro atoms. The van der Waals surface area contributed by atoms with Crippen LogP contribution in [0, 0.1) is 12.8 Å². The summed E-state index contributed by atoms with van der Waals surface area (Å²) in [6, 6.07) is 13.3. The Morgan fingerprint density at radius 3 is 2.83 bits per heavy atom. The lowest BCUT2D eigenvalue weighted by atomic mass is 9.96. The van der Waals surface area contributed by atoms with Gasteiger partial charge in [-0.1, -0.05) is 41.1 Å². The molecule has 1 aromatic carbocycles. The van der Waals surface area contributed by atoms with Crippen LogP contribution >= 0.6 is 0 Å². The standard InChI is InChI=1S/C23H24N4O3/c1-16-6-8-18(9-7-16)21-12-20(26-30-21)23(29)27-11-3-5-19(15-27)22(28)25-14-17-4-2-10-24-13-17/h2,4,6-10,12-13,19H,3,5,11,14-15H2,1H3,(H,25,28)/t19-/m0/s1. The van der Waals surface area contributed by atoms with Gasteiger partial charge in [-0.25, -0.2) is 0 Å². The van der Waals surface area contributed by atoms with Gasteiger partial charge in [-0.05, 0) is 31.4 Å². The van der Waals surface area contributed by atoms with Crippen LogP contribution in [0.4, 0.5) is 0 Å². The van der Waals surface area contributed by atoms with Crippen LogP contribution in [0.2, 0.25) is 0 Å². The first-order valence-electron chi connectivity index (χ1n) is 10.1. The number of nitrogens with one attached hydrogen (secondary N) is 1. The van der Waals surface area contributed by atoms with Gasteiger partial charge in [0.05, 0.1) is 5.92 Å². The van der Waals surface area contributed by atoms with Gasteiger partial charge in [0.25, 0.3) is 5.91 Å². The monoisotopic (exact) mass is 404 g/mol. The van der Waals surface area contributed by atoms with Crippen molar-refractivity contribution in [1.29, 1.82) is 0 Å². The molecule has 1 aliphatic heterocycles. The van der Waals surface area contributed by atoms with E-state index >= 15 is 0 Å². The number of nitrogens with zero attached hydrogens (tertiary/aromatic N) is 3. The lowest BCUT2D eigenvalue weighted by Crippen LogP contribution is -2.45. The summed E-state index contributed by atoms with van der Waals surface area (Å²) in [6.07, 6.45) is 4.97. The van der Waals surface area contributed by atoms with Crippen molar-refractivity contribution >= 4 is 11.8 Å². The number of piperidine rings is 1. The Hall–Kier alpha value is -3.48. The van der Waals surface area contributed by atoms with Crippen LogP contribution in [-0.4, -0.2) is 39.9 Å². The average molecular weight is 404 g/mol. The second kappa shape index (κ2) is 8.90. The first-order chi connectivity index (χ1) is 14.6. The Morgan fingerprint density at radius 1 is 1.23 bits per heavy atom. The molecule has 154 valence electrons. The number of hydrogen-bond donors (Lipinski definition) is 1. The lowest BCUT2D eigenvalue weighted by molar-refractivity contribution is -0.126. The number of hydrogen-bond acceptors (Lipinski definition) is 5. The molecule has 3 heterocycles. The third-order valence-electron chi connectivity index (χ3n) is 5.33. The van der Waals surface area contributed by atoms with Gasteiger partial charge in [0.2, 0.25) is 5.91 Å². The van der Waals surface area contributed by atoms with Crippen molar-refractivity contribution in [3.8, 4) is 11.3 Å². The van der Waals surface area contributed by atoms with Gasteiger partial charge in [-0.2, -0.15) is 0 Å². The number of amides is 2. The number of likely N-dealkylation sites (tertiary alicyclic amines) is 1. The third kappa shape index (κ3) is 4.56. The molecule has 30 heavy (non-hydrogen) atoms. The molecule has 0 radical (unpaired) electrons. The zero-order chi connectivity index (χ0) is 20.9. The molecule has 7 nitrogen and oxygen atoms in total. The molecule has 0 saturated carbocycles. The summed E-state index contributed by atoms with van der Waals surface area (Å²) in [7, 11) is 0. The highest BCUT2D eigenvalue weighted by Crippen LogP contribution is 2.23. The first kappa shape index (κ1) is 19.8. The Bertz CT molecular complexity index is 1010. The molecule has 0 bridgehead atoms. The lowest BCUT2D eigenvalue weighted by Gasteiger charge is -2.31.